The zero-order chi connectivity index (χ0) is 21.9. The van der Waals surface area contributed by atoms with E-state index in [1.54, 1.807) is 13.8 Å². The van der Waals surface area contributed by atoms with E-state index in [0.29, 0.717) is 0 Å². The maximum absolute atomic E-state index is 12.2. The van der Waals surface area contributed by atoms with Crippen molar-refractivity contribution < 1.29 is 9.59 Å². The summed E-state index contributed by atoms with van der Waals surface area (Å²) in [5, 5.41) is 0. The first-order valence-corrected chi connectivity index (χ1v) is 10.0. The molecule has 2 aromatic heterocycles. The first kappa shape index (κ1) is 22.4. The van der Waals surface area contributed by atoms with E-state index < -0.39 is 0 Å². The Balaban J connectivity index is 2.89. The van der Waals surface area contributed by atoms with Crippen molar-refractivity contribution in [3.05, 3.63) is 81.0 Å². The maximum atomic E-state index is 12.2. The molecule has 2 aromatic rings. The molecule has 29 heavy (non-hydrogen) atoms. The van der Waals surface area contributed by atoms with Gasteiger partial charge in [-0.15, -0.1) is 0 Å². The second-order valence-electron chi connectivity index (χ2n) is 7.57. The van der Waals surface area contributed by atoms with E-state index in [4.69, 9.17) is 0 Å². The van der Waals surface area contributed by atoms with Crippen molar-refractivity contribution in [1.82, 2.24) is 9.97 Å². The monoisotopic (exact) mass is 392 g/mol. The Morgan fingerprint density at radius 1 is 0.793 bits per heavy atom. The molecule has 2 heterocycles. The first-order valence-electron chi connectivity index (χ1n) is 10.0. The van der Waals surface area contributed by atoms with Gasteiger partial charge in [0.2, 0.25) is 0 Å². The number of aryl methyl sites for hydroxylation is 2. The number of aromatic amines is 2. The molecule has 0 spiro atoms. The number of Topliss-reactive ketones (excluding diaryl/α,β-unsaturated/α-hetero) is 2. The molecule has 0 fully saturated rings. The lowest BCUT2D eigenvalue weighted by Gasteiger charge is -2.19. The van der Waals surface area contributed by atoms with Gasteiger partial charge in [0.1, 0.15) is 0 Å². The third kappa shape index (κ3) is 4.26. The number of aromatic nitrogens is 2. The summed E-state index contributed by atoms with van der Waals surface area (Å²) < 4.78 is 0. The van der Waals surface area contributed by atoms with Crippen LogP contribution in [0.4, 0.5) is 0 Å². The lowest BCUT2D eigenvalue weighted by molar-refractivity contribution is 0.100. The number of nitrogens with one attached hydrogen (secondary N) is 2. The SMILES string of the molecule is C\C=C/C=C(\C=C/C)C(c1[nH]c(C)c(C(C)=O)c1C)c1[nH]c(C)c(C(C)=O)c1C. The van der Waals surface area contributed by atoms with E-state index in [1.165, 1.54) is 0 Å². The Labute approximate surface area is 173 Å². The van der Waals surface area contributed by atoms with Crippen molar-refractivity contribution in [1.29, 1.82) is 0 Å². The van der Waals surface area contributed by atoms with Crippen LogP contribution in [0.5, 0.6) is 0 Å². The van der Waals surface area contributed by atoms with Gasteiger partial charge < -0.3 is 9.97 Å². The van der Waals surface area contributed by atoms with Gasteiger partial charge in [0.15, 0.2) is 11.6 Å². The largest absolute Gasteiger partial charge is 0.361 e. The van der Waals surface area contributed by atoms with Crippen LogP contribution in [-0.4, -0.2) is 21.5 Å². The van der Waals surface area contributed by atoms with E-state index in [9.17, 15) is 9.59 Å². The van der Waals surface area contributed by atoms with Crippen molar-refractivity contribution in [3.8, 4) is 0 Å². The van der Waals surface area contributed by atoms with E-state index in [1.807, 2.05) is 59.8 Å². The summed E-state index contributed by atoms with van der Waals surface area (Å²) >= 11 is 0. The molecule has 0 saturated heterocycles. The Morgan fingerprint density at radius 3 is 1.55 bits per heavy atom. The second-order valence-corrected chi connectivity index (χ2v) is 7.57. The lowest BCUT2D eigenvalue weighted by Crippen LogP contribution is -2.09. The zero-order valence-corrected chi connectivity index (χ0v) is 18.8. The zero-order valence-electron chi connectivity index (χ0n) is 18.8. The number of allylic oxidation sites excluding steroid dienone is 6. The second kappa shape index (κ2) is 9.08. The Morgan fingerprint density at radius 2 is 1.24 bits per heavy atom. The topological polar surface area (TPSA) is 65.7 Å². The molecule has 0 atom stereocenters. The molecular weight excluding hydrogens is 360 g/mol. The van der Waals surface area contributed by atoms with Crippen LogP contribution in [0.15, 0.2) is 36.0 Å². The maximum Gasteiger partial charge on any atom is 0.161 e. The van der Waals surface area contributed by atoms with Crippen LogP contribution in [0.2, 0.25) is 0 Å². The van der Waals surface area contributed by atoms with Gasteiger partial charge in [-0.25, -0.2) is 0 Å². The number of carbonyl (C=O) groups excluding carboxylic acids is 2. The molecule has 0 aliphatic carbocycles. The van der Waals surface area contributed by atoms with E-state index in [0.717, 1.165) is 50.6 Å². The number of H-pyrrole nitrogens is 2. The number of carbonyl (C=O) groups is 2. The number of hydrogen-bond acceptors (Lipinski definition) is 2. The molecule has 0 bridgehead atoms. The van der Waals surface area contributed by atoms with E-state index in [2.05, 4.69) is 22.1 Å². The van der Waals surface area contributed by atoms with Gasteiger partial charge in [0.25, 0.3) is 0 Å². The lowest BCUT2D eigenvalue weighted by atomic mass is 9.86. The van der Waals surface area contributed by atoms with Crippen LogP contribution in [-0.2, 0) is 0 Å². The minimum absolute atomic E-state index is 0.0510. The van der Waals surface area contributed by atoms with Gasteiger partial charge in [-0.1, -0.05) is 30.4 Å². The summed E-state index contributed by atoms with van der Waals surface area (Å²) in [5.74, 6) is -0.0499. The quantitative estimate of drug-likeness (QED) is 0.436. The van der Waals surface area contributed by atoms with Crippen LogP contribution in [0.3, 0.4) is 0 Å². The van der Waals surface area contributed by atoms with E-state index >= 15 is 0 Å². The van der Waals surface area contributed by atoms with E-state index in [-0.39, 0.29) is 17.5 Å². The van der Waals surface area contributed by atoms with Gasteiger partial charge >= 0.3 is 0 Å². The molecule has 0 radical (unpaired) electrons. The third-order valence-electron chi connectivity index (χ3n) is 5.41. The molecule has 4 heteroatoms. The number of hydrogen-bond donors (Lipinski definition) is 2. The molecule has 4 nitrogen and oxygen atoms in total. The van der Waals surface area contributed by atoms with Crippen molar-refractivity contribution in [2.75, 3.05) is 0 Å². The minimum Gasteiger partial charge on any atom is -0.361 e. The van der Waals surface area contributed by atoms with Gasteiger partial charge in [0, 0.05) is 33.9 Å². The van der Waals surface area contributed by atoms with Crippen molar-refractivity contribution in [2.45, 2.75) is 61.3 Å². The predicted molar refractivity (Wildman–Crippen MR) is 120 cm³/mol. The standard InChI is InChI=1S/C25H32N2O2/c1-9-11-13-20(12-10-2)23(24-14(3)21(18(7)28)16(5)26-24)25-15(4)22(19(8)29)17(6)27-25/h9-13,23,26-27H,1-8H3/b11-9-,12-10-,20-13+. The average Bonchev–Trinajstić information content (AvgIpc) is 3.08. The fourth-order valence-corrected chi connectivity index (χ4v) is 4.31. The van der Waals surface area contributed by atoms with Crippen LogP contribution in [0.25, 0.3) is 0 Å². The van der Waals surface area contributed by atoms with Crippen molar-refractivity contribution in [2.24, 2.45) is 0 Å². The highest BCUT2D eigenvalue weighted by Crippen LogP contribution is 2.38. The number of rotatable bonds is 7. The fraction of sp³-hybridized carbons (Fsp3) is 0.360. The van der Waals surface area contributed by atoms with Crippen molar-refractivity contribution >= 4 is 11.6 Å². The first-order chi connectivity index (χ1) is 13.6. The van der Waals surface area contributed by atoms with Gasteiger partial charge in [-0.05, 0) is 72.1 Å². The summed E-state index contributed by atoms with van der Waals surface area (Å²) in [6, 6.07) is 0. The van der Waals surface area contributed by atoms with Gasteiger partial charge in [0.05, 0.1) is 5.92 Å². The highest BCUT2D eigenvalue weighted by atomic mass is 16.1. The summed E-state index contributed by atoms with van der Waals surface area (Å²) in [5.41, 5.74) is 8.14. The Kier molecular flexibility index (Phi) is 7.02. The molecule has 0 aromatic carbocycles. The normalized spacial score (nSPS) is 12.7. The Hall–Kier alpha value is -2.88. The molecule has 0 unspecified atom stereocenters. The minimum atomic E-state index is -0.152. The number of ketones is 2. The van der Waals surface area contributed by atoms with Crippen LogP contribution >= 0.6 is 0 Å². The highest BCUT2D eigenvalue weighted by molar-refractivity contribution is 5.98. The molecule has 0 saturated carbocycles. The summed E-state index contributed by atoms with van der Waals surface area (Å²) in [4.78, 5) is 31.4. The van der Waals surface area contributed by atoms with Crippen LogP contribution in [0.1, 0.15) is 88.2 Å². The van der Waals surface area contributed by atoms with Crippen LogP contribution in [0, 0.1) is 27.7 Å². The smallest absolute Gasteiger partial charge is 0.161 e. The summed E-state index contributed by atoms with van der Waals surface area (Å²) in [7, 11) is 0. The fourth-order valence-electron chi connectivity index (χ4n) is 4.31. The average molecular weight is 393 g/mol. The molecule has 0 aliphatic heterocycles. The summed E-state index contributed by atoms with van der Waals surface area (Å²) in [6.45, 7) is 15.0. The molecule has 0 amide bonds. The molecular formula is C25H32N2O2. The summed E-state index contributed by atoms with van der Waals surface area (Å²) in [6.07, 6.45) is 10.2. The third-order valence-corrected chi connectivity index (χ3v) is 5.41. The van der Waals surface area contributed by atoms with Gasteiger partial charge in [-0.3, -0.25) is 9.59 Å². The van der Waals surface area contributed by atoms with Crippen molar-refractivity contribution in [3.63, 3.8) is 0 Å². The van der Waals surface area contributed by atoms with Gasteiger partial charge in [-0.2, -0.15) is 0 Å². The molecule has 154 valence electrons. The highest BCUT2D eigenvalue weighted by Gasteiger charge is 2.29. The molecule has 2 rings (SSSR count). The Bertz CT molecular complexity index is 962. The predicted octanol–water partition coefficient (Wildman–Crippen LogP) is 6.19. The van der Waals surface area contributed by atoms with Crippen LogP contribution < -0.4 is 0 Å². The molecule has 0 aliphatic rings. The molecule has 2 N–H and O–H groups in total.